The van der Waals surface area contributed by atoms with Gasteiger partial charge in [-0.05, 0) is 35.2 Å². The minimum absolute atomic E-state index is 0.225. The van der Waals surface area contributed by atoms with Crippen molar-refractivity contribution < 1.29 is 13.2 Å². The molecule has 25 heavy (non-hydrogen) atoms. The van der Waals surface area contributed by atoms with Crippen molar-refractivity contribution in [3.8, 4) is 0 Å². The highest BCUT2D eigenvalue weighted by Gasteiger charge is 2.26. The summed E-state index contributed by atoms with van der Waals surface area (Å²) in [6.07, 6.45) is 4.83. The number of rotatable bonds is 4. The molecule has 2 aromatic rings. The van der Waals surface area contributed by atoms with Crippen molar-refractivity contribution in [1.82, 2.24) is 14.6 Å². The molecule has 0 aliphatic carbocycles. The molecular weight excluding hydrogens is 362 g/mol. The first-order chi connectivity index (χ1) is 11.8. The van der Waals surface area contributed by atoms with Gasteiger partial charge < -0.3 is 5.32 Å². The normalized spacial score (nSPS) is 14.8. The molecule has 1 amide bonds. The molecular formula is C17H18ClN3O3S. The molecule has 0 atom stereocenters. The minimum atomic E-state index is -3.26. The third-order valence-corrected chi connectivity index (χ3v) is 5.65. The second-order valence-electron chi connectivity index (χ2n) is 5.98. The molecule has 1 N–H and O–H groups in total. The number of amides is 1. The lowest BCUT2D eigenvalue weighted by atomic mass is 9.98. The van der Waals surface area contributed by atoms with E-state index in [1.54, 1.807) is 18.3 Å². The van der Waals surface area contributed by atoms with Gasteiger partial charge in [0, 0.05) is 37.1 Å². The number of pyridine rings is 1. The smallest absolute Gasteiger partial charge is 0.253 e. The Morgan fingerprint density at radius 2 is 2.16 bits per heavy atom. The number of halogens is 1. The first kappa shape index (κ1) is 17.8. The molecule has 1 aliphatic rings. The van der Waals surface area contributed by atoms with Crippen molar-refractivity contribution in [2.75, 3.05) is 12.8 Å². The summed E-state index contributed by atoms with van der Waals surface area (Å²) in [5, 5.41) is 3.48. The Morgan fingerprint density at radius 1 is 1.36 bits per heavy atom. The van der Waals surface area contributed by atoms with Crippen LogP contribution >= 0.6 is 11.6 Å². The SMILES string of the molecule is CS(=O)(=O)N1CCc2c(cncc2C(=O)NCc2cccc(Cl)c2)C1. The maximum atomic E-state index is 12.5. The first-order valence-corrected chi connectivity index (χ1v) is 10.0. The molecule has 3 rings (SSSR count). The van der Waals surface area contributed by atoms with Crippen LogP contribution in [0.25, 0.3) is 0 Å². The molecule has 0 saturated carbocycles. The van der Waals surface area contributed by atoms with Crippen molar-refractivity contribution in [2.24, 2.45) is 0 Å². The Balaban J connectivity index is 1.76. The average molecular weight is 380 g/mol. The van der Waals surface area contributed by atoms with Gasteiger partial charge in [-0.2, -0.15) is 4.31 Å². The van der Waals surface area contributed by atoms with Crippen LogP contribution in [0.4, 0.5) is 0 Å². The van der Waals surface area contributed by atoms with Crippen molar-refractivity contribution in [2.45, 2.75) is 19.5 Å². The molecule has 0 spiro atoms. The summed E-state index contributed by atoms with van der Waals surface area (Å²) in [4.78, 5) is 16.6. The Kier molecular flexibility index (Phi) is 5.08. The lowest BCUT2D eigenvalue weighted by Gasteiger charge is -2.27. The van der Waals surface area contributed by atoms with Crippen LogP contribution in [-0.2, 0) is 29.5 Å². The van der Waals surface area contributed by atoms with Crippen molar-refractivity contribution in [3.05, 3.63) is 63.9 Å². The van der Waals surface area contributed by atoms with E-state index >= 15 is 0 Å². The zero-order valence-electron chi connectivity index (χ0n) is 13.7. The van der Waals surface area contributed by atoms with E-state index in [0.717, 1.165) is 16.7 Å². The Labute approximate surface area is 151 Å². The van der Waals surface area contributed by atoms with Crippen LogP contribution in [0.3, 0.4) is 0 Å². The molecule has 2 heterocycles. The topological polar surface area (TPSA) is 79.4 Å². The van der Waals surface area contributed by atoms with Gasteiger partial charge in [-0.1, -0.05) is 23.7 Å². The lowest BCUT2D eigenvalue weighted by molar-refractivity contribution is 0.0949. The van der Waals surface area contributed by atoms with Gasteiger partial charge in [-0.15, -0.1) is 0 Å². The summed E-state index contributed by atoms with van der Waals surface area (Å²) < 4.78 is 24.8. The van der Waals surface area contributed by atoms with E-state index in [1.807, 2.05) is 12.1 Å². The number of fused-ring (bicyclic) bond motifs is 1. The molecule has 0 radical (unpaired) electrons. The maximum absolute atomic E-state index is 12.5. The third kappa shape index (κ3) is 4.18. The van der Waals surface area contributed by atoms with Gasteiger partial charge >= 0.3 is 0 Å². The van der Waals surface area contributed by atoms with Gasteiger partial charge in [-0.25, -0.2) is 8.42 Å². The molecule has 0 saturated heterocycles. The van der Waals surface area contributed by atoms with E-state index in [4.69, 9.17) is 11.6 Å². The summed E-state index contributed by atoms with van der Waals surface area (Å²) in [7, 11) is -3.26. The van der Waals surface area contributed by atoms with Crippen molar-refractivity contribution in [1.29, 1.82) is 0 Å². The predicted octanol–water partition coefficient (Wildman–Crippen LogP) is 1.98. The molecule has 1 aromatic carbocycles. The fourth-order valence-electron chi connectivity index (χ4n) is 2.87. The number of aromatic nitrogens is 1. The number of nitrogens with zero attached hydrogens (tertiary/aromatic N) is 2. The van der Waals surface area contributed by atoms with Gasteiger partial charge in [0.25, 0.3) is 5.91 Å². The fourth-order valence-corrected chi connectivity index (χ4v) is 3.88. The van der Waals surface area contributed by atoms with E-state index in [2.05, 4.69) is 10.3 Å². The van der Waals surface area contributed by atoms with E-state index in [9.17, 15) is 13.2 Å². The zero-order chi connectivity index (χ0) is 18.0. The molecule has 6 nitrogen and oxygen atoms in total. The maximum Gasteiger partial charge on any atom is 0.253 e. The van der Waals surface area contributed by atoms with Crippen molar-refractivity contribution >= 4 is 27.5 Å². The zero-order valence-corrected chi connectivity index (χ0v) is 15.3. The van der Waals surface area contributed by atoms with E-state index in [1.165, 1.54) is 16.8 Å². The fraction of sp³-hybridized carbons (Fsp3) is 0.294. The molecule has 8 heteroatoms. The van der Waals surface area contributed by atoms with Crippen LogP contribution in [0.5, 0.6) is 0 Å². The molecule has 1 aromatic heterocycles. The number of benzene rings is 1. The largest absolute Gasteiger partial charge is 0.348 e. The average Bonchev–Trinajstić information content (AvgIpc) is 2.58. The quantitative estimate of drug-likeness (QED) is 0.880. The Morgan fingerprint density at radius 3 is 2.88 bits per heavy atom. The summed E-state index contributed by atoms with van der Waals surface area (Å²) >= 11 is 5.95. The number of hydrogen-bond acceptors (Lipinski definition) is 4. The second kappa shape index (κ2) is 7.11. The van der Waals surface area contributed by atoms with Gasteiger partial charge in [0.05, 0.1) is 11.8 Å². The van der Waals surface area contributed by atoms with Gasteiger partial charge in [0.2, 0.25) is 10.0 Å². The monoisotopic (exact) mass is 379 g/mol. The molecule has 0 bridgehead atoms. The van der Waals surface area contributed by atoms with Gasteiger partial charge in [0.1, 0.15) is 0 Å². The number of nitrogens with one attached hydrogen (secondary N) is 1. The van der Waals surface area contributed by atoms with Crippen LogP contribution in [0, 0.1) is 0 Å². The molecule has 0 unspecified atom stereocenters. The third-order valence-electron chi connectivity index (χ3n) is 4.16. The number of carbonyl (C=O) groups excluding carboxylic acids is 1. The summed E-state index contributed by atoms with van der Waals surface area (Å²) in [6.45, 7) is 0.972. The van der Waals surface area contributed by atoms with Crippen molar-refractivity contribution in [3.63, 3.8) is 0 Å². The molecule has 1 aliphatic heterocycles. The Hall–Kier alpha value is -1.96. The van der Waals surface area contributed by atoms with Crippen LogP contribution in [0.15, 0.2) is 36.7 Å². The summed E-state index contributed by atoms with van der Waals surface area (Å²) in [5.74, 6) is -0.225. The van der Waals surface area contributed by atoms with Crippen LogP contribution < -0.4 is 5.32 Å². The number of carbonyl (C=O) groups is 1. The van der Waals surface area contributed by atoms with E-state index < -0.39 is 10.0 Å². The first-order valence-electron chi connectivity index (χ1n) is 7.78. The number of hydrogen-bond donors (Lipinski definition) is 1. The highest BCUT2D eigenvalue weighted by molar-refractivity contribution is 7.88. The highest BCUT2D eigenvalue weighted by Crippen LogP contribution is 2.23. The van der Waals surface area contributed by atoms with Crippen LogP contribution in [0.2, 0.25) is 5.02 Å². The van der Waals surface area contributed by atoms with E-state index in [-0.39, 0.29) is 12.5 Å². The summed E-state index contributed by atoms with van der Waals surface area (Å²) in [6, 6.07) is 7.28. The predicted molar refractivity (Wildman–Crippen MR) is 95.8 cm³/mol. The van der Waals surface area contributed by atoms with E-state index in [0.29, 0.717) is 30.1 Å². The van der Waals surface area contributed by atoms with Crippen LogP contribution in [-0.4, -0.2) is 36.4 Å². The minimum Gasteiger partial charge on any atom is -0.348 e. The lowest BCUT2D eigenvalue weighted by Crippen LogP contribution is -2.36. The summed E-state index contributed by atoms with van der Waals surface area (Å²) in [5.41, 5.74) is 3.03. The van der Waals surface area contributed by atoms with Gasteiger partial charge in [-0.3, -0.25) is 9.78 Å². The standard InChI is InChI=1S/C17H18ClN3O3S/c1-25(23,24)21-6-5-15-13(11-21)9-19-10-16(15)17(22)20-8-12-3-2-4-14(18)7-12/h2-4,7,9-10H,5-6,8,11H2,1H3,(H,20,22). The molecule has 132 valence electrons. The number of sulfonamides is 1. The Bertz CT molecular complexity index is 915. The second-order valence-corrected chi connectivity index (χ2v) is 8.40. The molecule has 0 fully saturated rings. The van der Waals surface area contributed by atoms with Crippen LogP contribution in [0.1, 0.15) is 27.0 Å². The van der Waals surface area contributed by atoms with Gasteiger partial charge in [0.15, 0.2) is 0 Å². The highest BCUT2D eigenvalue weighted by atomic mass is 35.5.